The van der Waals surface area contributed by atoms with Gasteiger partial charge in [-0.2, -0.15) is 0 Å². The molecule has 0 amide bonds. The molecule has 0 saturated carbocycles. The molecule has 1 saturated heterocycles. The van der Waals surface area contributed by atoms with E-state index in [1.807, 2.05) is 0 Å². The summed E-state index contributed by atoms with van der Waals surface area (Å²) in [6.07, 6.45) is 5.19. The van der Waals surface area contributed by atoms with E-state index in [0.29, 0.717) is 12.1 Å². The van der Waals surface area contributed by atoms with Crippen LogP contribution in [-0.2, 0) is 6.42 Å². The van der Waals surface area contributed by atoms with Crippen molar-refractivity contribution in [3.63, 3.8) is 0 Å². The number of hydrogen-bond acceptors (Lipinski definition) is 2. The first-order valence-corrected chi connectivity index (χ1v) is 7.35. The minimum atomic E-state index is 0.579. The standard InChI is InChI=1S/C16H24N2/c1-12-5-4-10-18(16(12)11-17)15-9-8-13-6-2-3-7-14(13)15/h2-3,6-7,12,15-16H,4-5,8-11,17H2,1H3. The third-order valence-electron chi connectivity index (χ3n) is 4.90. The van der Waals surface area contributed by atoms with Crippen molar-refractivity contribution in [2.24, 2.45) is 11.7 Å². The summed E-state index contributed by atoms with van der Waals surface area (Å²) in [6, 6.07) is 10.2. The van der Waals surface area contributed by atoms with Crippen molar-refractivity contribution in [3.05, 3.63) is 35.4 Å². The van der Waals surface area contributed by atoms with Gasteiger partial charge in [0.1, 0.15) is 0 Å². The molecule has 2 nitrogen and oxygen atoms in total. The zero-order valence-corrected chi connectivity index (χ0v) is 11.3. The molecule has 1 aromatic rings. The third-order valence-corrected chi connectivity index (χ3v) is 4.90. The van der Waals surface area contributed by atoms with Crippen molar-refractivity contribution in [3.8, 4) is 0 Å². The summed E-state index contributed by atoms with van der Waals surface area (Å²) >= 11 is 0. The molecule has 1 aliphatic carbocycles. The minimum Gasteiger partial charge on any atom is -0.329 e. The Morgan fingerprint density at radius 2 is 2.11 bits per heavy atom. The molecule has 2 N–H and O–H groups in total. The van der Waals surface area contributed by atoms with Crippen LogP contribution in [0.2, 0.25) is 0 Å². The summed E-state index contributed by atoms with van der Waals surface area (Å²) in [5.74, 6) is 0.747. The highest BCUT2D eigenvalue weighted by atomic mass is 15.2. The molecular weight excluding hydrogens is 220 g/mol. The fourth-order valence-corrected chi connectivity index (χ4v) is 3.91. The van der Waals surface area contributed by atoms with Gasteiger partial charge in [0.05, 0.1) is 0 Å². The van der Waals surface area contributed by atoms with Crippen LogP contribution >= 0.6 is 0 Å². The van der Waals surface area contributed by atoms with Crippen LogP contribution in [0.1, 0.15) is 43.4 Å². The van der Waals surface area contributed by atoms with Crippen LogP contribution in [0.3, 0.4) is 0 Å². The van der Waals surface area contributed by atoms with Crippen LogP contribution < -0.4 is 5.73 Å². The van der Waals surface area contributed by atoms with Gasteiger partial charge in [0, 0.05) is 18.6 Å². The van der Waals surface area contributed by atoms with Gasteiger partial charge in [-0.05, 0) is 49.3 Å². The molecule has 0 spiro atoms. The van der Waals surface area contributed by atoms with Crippen LogP contribution in [0.4, 0.5) is 0 Å². The molecule has 1 heterocycles. The predicted octanol–water partition coefficient (Wildman–Crippen LogP) is 2.73. The summed E-state index contributed by atoms with van der Waals surface area (Å²) in [6.45, 7) is 4.40. The number of nitrogens with zero attached hydrogens (tertiary/aromatic N) is 1. The average Bonchev–Trinajstić information content (AvgIpc) is 2.82. The number of likely N-dealkylation sites (tertiary alicyclic amines) is 1. The maximum Gasteiger partial charge on any atom is 0.0357 e. The largest absolute Gasteiger partial charge is 0.329 e. The lowest BCUT2D eigenvalue weighted by atomic mass is 9.88. The zero-order valence-electron chi connectivity index (χ0n) is 11.3. The smallest absolute Gasteiger partial charge is 0.0357 e. The van der Waals surface area contributed by atoms with Crippen molar-refractivity contribution in [2.75, 3.05) is 13.1 Å². The van der Waals surface area contributed by atoms with E-state index in [2.05, 4.69) is 36.1 Å². The van der Waals surface area contributed by atoms with Crippen LogP contribution in [0.15, 0.2) is 24.3 Å². The topological polar surface area (TPSA) is 29.3 Å². The van der Waals surface area contributed by atoms with Crippen LogP contribution in [-0.4, -0.2) is 24.0 Å². The molecule has 2 aliphatic rings. The Balaban J connectivity index is 1.87. The van der Waals surface area contributed by atoms with Crippen LogP contribution in [0.25, 0.3) is 0 Å². The number of rotatable bonds is 2. The van der Waals surface area contributed by atoms with Crippen molar-refractivity contribution >= 4 is 0 Å². The lowest BCUT2D eigenvalue weighted by molar-refractivity contribution is 0.0620. The van der Waals surface area contributed by atoms with Gasteiger partial charge in [0.15, 0.2) is 0 Å². The molecule has 1 aromatic carbocycles. The first kappa shape index (κ1) is 12.2. The number of nitrogens with two attached hydrogens (primary N) is 1. The Morgan fingerprint density at radius 3 is 2.94 bits per heavy atom. The van der Waals surface area contributed by atoms with E-state index in [-0.39, 0.29) is 0 Å². The Kier molecular flexibility index (Phi) is 3.40. The molecule has 2 heteroatoms. The Morgan fingerprint density at radius 1 is 1.28 bits per heavy atom. The van der Waals surface area contributed by atoms with Crippen molar-refractivity contribution < 1.29 is 0 Å². The maximum atomic E-state index is 6.03. The molecule has 0 bridgehead atoms. The van der Waals surface area contributed by atoms with Gasteiger partial charge in [-0.3, -0.25) is 4.90 Å². The number of piperidine rings is 1. The SMILES string of the molecule is CC1CCCN(C2CCc3ccccc32)C1CN. The highest BCUT2D eigenvalue weighted by Gasteiger charge is 2.35. The highest BCUT2D eigenvalue weighted by Crippen LogP contribution is 2.39. The van der Waals surface area contributed by atoms with Gasteiger partial charge in [-0.25, -0.2) is 0 Å². The lowest BCUT2D eigenvalue weighted by Crippen LogP contribution is -2.49. The van der Waals surface area contributed by atoms with Gasteiger partial charge in [0.2, 0.25) is 0 Å². The molecule has 3 unspecified atom stereocenters. The predicted molar refractivity (Wildman–Crippen MR) is 75.5 cm³/mol. The molecule has 1 fully saturated rings. The van der Waals surface area contributed by atoms with E-state index in [0.717, 1.165) is 12.5 Å². The number of aryl methyl sites for hydroxylation is 1. The Labute approximate surface area is 110 Å². The second kappa shape index (κ2) is 5.02. The first-order chi connectivity index (χ1) is 8.81. The average molecular weight is 244 g/mol. The van der Waals surface area contributed by atoms with Gasteiger partial charge in [-0.1, -0.05) is 31.2 Å². The van der Waals surface area contributed by atoms with E-state index in [1.54, 1.807) is 11.1 Å². The monoisotopic (exact) mass is 244 g/mol. The highest BCUT2D eigenvalue weighted by molar-refractivity contribution is 5.34. The van der Waals surface area contributed by atoms with Crippen LogP contribution in [0, 0.1) is 5.92 Å². The van der Waals surface area contributed by atoms with Crippen molar-refractivity contribution in [2.45, 2.75) is 44.7 Å². The molecule has 0 aromatic heterocycles. The van der Waals surface area contributed by atoms with Crippen molar-refractivity contribution in [1.82, 2.24) is 4.90 Å². The van der Waals surface area contributed by atoms with Gasteiger partial charge < -0.3 is 5.73 Å². The molecule has 0 radical (unpaired) electrons. The molecule has 18 heavy (non-hydrogen) atoms. The zero-order chi connectivity index (χ0) is 12.5. The fraction of sp³-hybridized carbons (Fsp3) is 0.625. The van der Waals surface area contributed by atoms with E-state index >= 15 is 0 Å². The van der Waals surface area contributed by atoms with E-state index in [9.17, 15) is 0 Å². The lowest BCUT2D eigenvalue weighted by Gasteiger charge is -2.43. The molecule has 98 valence electrons. The summed E-state index contributed by atoms with van der Waals surface area (Å²) in [5.41, 5.74) is 9.14. The van der Waals surface area contributed by atoms with E-state index in [4.69, 9.17) is 5.73 Å². The second-order valence-electron chi connectivity index (χ2n) is 5.91. The third kappa shape index (κ3) is 1.98. The van der Waals surface area contributed by atoms with Crippen LogP contribution in [0.5, 0.6) is 0 Å². The summed E-state index contributed by atoms with van der Waals surface area (Å²) < 4.78 is 0. The minimum absolute atomic E-state index is 0.579. The summed E-state index contributed by atoms with van der Waals surface area (Å²) in [4.78, 5) is 2.69. The maximum absolute atomic E-state index is 6.03. The first-order valence-electron chi connectivity index (χ1n) is 7.35. The van der Waals surface area contributed by atoms with E-state index in [1.165, 1.54) is 32.2 Å². The molecule has 3 atom stereocenters. The molecular formula is C16H24N2. The van der Waals surface area contributed by atoms with Gasteiger partial charge >= 0.3 is 0 Å². The molecule has 1 aliphatic heterocycles. The second-order valence-corrected chi connectivity index (χ2v) is 5.91. The quantitative estimate of drug-likeness (QED) is 0.866. The van der Waals surface area contributed by atoms with Crippen molar-refractivity contribution in [1.29, 1.82) is 0 Å². The fourth-order valence-electron chi connectivity index (χ4n) is 3.91. The summed E-state index contributed by atoms with van der Waals surface area (Å²) in [7, 11) is 0. The van der Waals surface area contributed by atoms with E-state index < -0.39 is 0 Å². The Hall–Kier alpha value is -0.860. The normalized spacial score (nSPS) is 32.4. The number of fused-ring (bicyclic) bond motifs is 1. The number of benzene rings is 1. The summed E-state index contributed by atoms with van der Waals surface area (Å²) in [5, 5.41) is 0. The Bertz CT molecular complexity index is 415. The molecule has 3 rings (SSSR count). The van der Waals surface area contributed by atoms with Gasteiger partial charge in [0.25, 0.3) is 0 Å². The number of hydrogen-bond donors (Lipinski definition) is 1. The van der Waals surface area contributed by atoms with Gasteiger partial charge in [-0.15, -0.1) is 0 Å².